The molecule has 0 N–H and O–H groups in total. The molecule has 0 aliphatic heterocycles. The number of imidazole rings is 1. The van der Waals surface area contributed by atoms with Crippen molar-refractivity contribution in [3.8, 4) is 0 Å². The molecule has 0 radical (unpaired) electrons. The largest absolute Gasteiger partial charge is 0.330 e. The highest BCUT2D eigenvalue weighted by Gasteiger charge is 2.04. The maximum Gasteiger partial charge on any atom is 0.101 e. The fourth-order valence-electron chi connectivity index (χ4n) is 2.14. The van der Waals surface area contributed by atoms with Gasteiger partial charge in [0, 0.05) is 24.5 Å². The van der Waals surface area contributed by atoms with E-state index in [4.69, 9.17) is 0 Å². The van der Waals surface area contributed by atoms with Gasteiger partial charge >= 0.3 is 0 Å². The third-order valence-corrected chi connectivity index (χ3v) is 3.81. The molecule has 0 saturated heterocycles. The first-order chi connectivity index (χ1) is 9.81. The van der Waals surface area contributed by atoms with Crippen molar-refractivity contribution in [2.45, 2.75) is 13.0 Å². The van der Waals surface area contributed by atoms with Crippen molar-refractivity contribution in [3.05, 3.63) is 81.7 Å². The van der Waals surface area contributed by atoms with Crippen molar-refractivity contribution in [1.82, 2.24) is 14.5 Å². The smallest absolute Gasteiger partial charge is 0.101 e. The molecule has 20 heavy (non-hydrogen) atoms. The molecule has 4 heteroatoms. The lowest BCUT2D eigenvalue weighted by atomic mass is 10.1. The van der Waals surface area contributed by atoms with E-state index in [1.165, 1.54) is 16.8 Å². The van der Waals surface area contributed by atoms with E-state index in [1.807, 2.05) is 30.9 Å². The van der Waals surface area contributed by atoms with Gasteiger partial charge in [0.25, 0.3) is 0 Å². The van der Waals surface area contributed by atoms with Crippen molar-refractivity contribution in [2.75, 3.05) is 0 Å². The Morgan fingerprint density at radius 3 is 2.55 bits per heavy atom. The van der Waals surface area contributed by atoms with Crippen LogP contribution in [0.15, 0.2) is 61.2 Å². The summed E-state index contributed by atoms with van der Waals surface area (Å²) in [6.07, 6.45) is 6.65. The summed E-state index contributed by atoms with van der Waals surface area (Å²) < 4.78 is 3.19. The molecule has 3 nitrogen and oxygen atoms in total. The normalized spacial score (nSPS) is 10.7. The Kier molecular flexibility index (Phi) is 4.11. The minimum Gasteiger partial charge on any atom is -0.330 e. The molecule has 0 bridgehead atoms. The predicted octanol–water partition coefficient (Wildman–Crippen LogP) is 3.52. The minimum absolute atomic E-state index is 0.812. The summed E-state index contributed by atoms with van der Waals surface area (Å²) in [5.41, 5.74) is 3.71. The van der Waals surface area contributed by atoms with Gasteiger partial charge in [0.1, 0.15) is 3.70 Å². The summed E-state index contributed by atoms with van der Waals surface area (Å²) in [4.78, 5) is 8.60. The molecule has 2 aromatic heterocycles. The molecule has 3 rings (SSSR count). The molecule has 0 unspecified atom stereocenters. The van der Waals surface area contributed by atoms with Gasteiger partial charge in [-0.25, -0.2) is 9.97 Å². The van der Waals surface area contributed by atoms with Gasteiger partial charge in [-0.05, 0) is 39.8 Å². The first-order valence-electron chi connectivity index (χ1n) is 6.44. The Morgan fingerprint density at radius 1 is 0.950 bits per heavy atom. The van der Waals surface area contributed by atoms with Crippen molar-refractivity contribution in [2.24, 2.45) is 0 Å². The van der Waals surface area contributed by atoms with Crippen LogP contribution in [-0.2, 0) is 13.0 Å². The number of aromatic nitrogens is 3. The lowest BCUT2D eigenvalue weighted by molar-refractivity contribution is 0.750. The van der Waals surface area contributed by atoms with E-state index in [-0.39, 0.29) is 0 Å². The van der Waals surface area contributed by atoms with Crippen LogP contribution in [0.1, 0.15) is 16.8 Å². The highest BCUT2D eigenvalue weighted by Crippen LogP contribution is 2.11. The molecule has 0 fully saturated rings. The number of rotatable bonds is 4. The number of halogens is 1. The molecule has 0 atom stereocenters. The van der Waals surface area contributed by atoms with Crippen molar-refractivity contribution < 1.29 is 0 Å². The SMILES string of the molecule is Ic1ccc(Cn2cncc2Cc2ccccc2)cn1. The second-order valence-corrected chi connectivity index (χ2v) is 5.77. The fraction of sp³-hybridized carbons (Fsp3) is 0.125. The summed E-state index contributed by atoms with van der Waals surface area (Å²) >= 11 is 2.22. The molecule has 0 spiro atoms. The van der Waals surface area contributed by atoms with E-state index < -0.39 is 0 Å². The van der Waals surface area contributed by atoms with Crippen LogP contribution in [0, 0.1) is 3.70 Å². The molecular formula is C16H14IN3. The third-order valence-electron chi connectivity index (χ3n) is 3.17. The molecular weight excluding hydrogens is 361 g/mol. The zero-order valence-electron chi connectivity index (χ0n) is 10.9. The summed E-state index contributed by atoms with van der Waals surface area (Å²) in [6, 6.07) is 14.6. The number of pyridine rings is 1. The van der Waals surface area contributed by atoms with Crippen LogP contribution >= 0.6 is 22.6 Å². The Bertz CT molecular complexity index is 674. The highest BCUT2D eigenvalue weighted by atomic mass is 127. The Hall–Kier alpha value is -1.69. The highest BCUT2D eigenvalue weighted by molar-refractivity contribution is 14.1. The van der Waals surface area contributed by atoms with Crippen LogP contribution in [0.25, 0.3) is 0 Å². The van der Waals surface area contributed by atoms with Gasteiger partial charge in [-0.2, -0.15) is 0 Å². The molecule has 1 aromatic carbocycles. The molecule has 0 aliphatic rings. The second-order valence-electron chi connectivity index (χ2n) is 4.66. The quantitative estimate of drug-likeness (QED) is 0.516. The third kappa shape index (κ3) is 3.25. The minimum atomic E-state index is 0.812. The second kappa shape index (κ2) is 6.17. The Balaban J connectivity index is 1.78. The van der Waals surface area contributed by atoms with Gasteiger partial charge in [-0.15, -0.1) is 0 Å². The van der Waals surface area contributed by atoms with E-state index in [1.54, 1.807) is 0 Å². The van der Waals surface area contributed by atoms with Crippen LogP contribution in [0.3, 0.4) is 0 Å². The van der Waals surface area contributed by atoms with Crippen LogP contribution in [0.2, 0.25) is 0 Å². The molecule has 3 aromatic rings. The summed E-state index contributed by atoms with van der Waals surface area (Å²) in [6.45, 7) is 0.812. The predicted molar refractivity (Wildman–Crippen MR) is 87.5 cm³/mol. The fourth-order valence-corrected chi connectivity index (χ4v) is 2.46. The van der Waals surface area contributed by atoms with Gasteiger partial charge in [0.2, 0.25) is 0 Å². The van der Waals surface area contributed by atoms with Crippen LogP contribution in [-0.4, -0.2) is 14.5 Å². The summed E-state index contributed by atoms with van der Waals surface area (Å²) in [7, 11) is 0. The number of benzene rings is 1. The maximum absolute atomic E-state index is 4.33. The number of hydrogen-bond acceptors (Lipinski definition) is 2. The first-order valence-corrected chi connectivity index (χ1v) is 7.52. The van der Waals surface area contributed by atoms with Gasteiger partial charge in [-0.3, -0.25) is 0 Å². The van der Waals surface area contributed by atoms with Crippen LogP contribution in [0.4, 0.5) is 0 Å². The van der Waals surface area contributed by atoms with Gasteiger partial charge in [-0.1, -0.05) is 36.4 Å². The van der Waals surface area contributed by atoms with Crippen molar-refractivity contribution in [3.63, 3.8) is 0 Å². The van der Waals surface area contributed by atoms with E-state index in [2.05, 4.69) is 67.5 Å². The van der Waals surface area contributed by atoms with E-state index in [0.717, 1.165) is 16.7 Å². The molecule has 0 amide bonds. The average molecular weight is 375 g/mol. The molecule has 0 saturated carbocycles. The number of hydrogen-bond donors (Lipinski definition) is 0. The van der Waals surface area contributed by atoms with Gasteiger partial charge in [0.15, 0.2) is 0 Å². The number of nitrogens with zero attached hydrogens (tertiary/aromatic N) is 3. The van der Waals surface area contributed by atoms with E-state index in [0.29, 0.717) is 0 Å². The van der Waals surface area contributed by atoms with Crippen LogP contribution < -0.4 is 0 Å². The Morgan fingerprint density at radius 2 is 1.80 bits per heavy atom. The standard InChI is InChI=1S/C16H14IN3/c17-16-7-6-14(9-19-16)11-20-12-18-10-15(20)8-13-4-2-1-3-5-13/h1-7,9-10,12H,8,11H2. The van der Waals surface area contributed by atoms with Crippen LogP contribution in [0.5, 0.6) is 0 Å². The lowest BCUT2D eigenvalue weighted by Crippen LogP contribution is -2.04. The maximum atomic E-state index is 4.33. The Labute approximate surface area is 131 Å². The zero-order valence-corrected chi connectivity index (χ0v) is 13.1. The first kappa shape index (κ1) is 13.3. The summed E-state index contributed by atoms with van der Waals surface area (Å²) in [5.74, 6) is 0. The van der Waals surface area contributed by atoms with Crippen molar-refractivity contribution in [1.29, 1.82) is 0 Å². The monoisotopic (exact) mass is 375 g/mol. The summed E-state index contributed by atoms with van der Waals surface area (Å²) in [5, 5.41) is 0. The van der Waals surface area contributed by atoms with E-state index >= 15 is 0 Å². The van der Waals surface area contributed by atoms with Crippen molar-refractivity contribution >= 4 is 22.6 Å². The molecule has 2 heterocycles. The van der Waals surface area contributed by atoms with E-state index in [9.17, 15) is 0 Å². The lowest BCUT2D eigenvalue weighted by Gasteiger charge is -2.08. The zero-order chi connectivity index (χ0) is 13.8. The average Bonchev–Trinajstić information content (AvgIpc) is 2.90. The molecule has 100 valence electrons. The van der Waals surface area contributed by atoms with Gasteiger partial charge < -0.3 is 4.57 Å². The molecule has 0 aliphatic carbocycles. The van der Waals surface area contributed by atoms with Gasteiger partial charge in [0.05, 0.1) is 12.9 Å². The topological polar surface area (TPSA) is 30.7 Å².